The van der Waals surface area contributed by atoms with Crippen molar-refractivity contribution in [1.29, 1.82) is 0 Å². The number of carbonyl (C=O) groups is 4. The first-order valence-corrected chi connectivity index (χ1v) is 12.5. The maximum atomic E-state index is 13.2. The Morgan fingerprint density at radius 1 is 0.941 bits per heavy atom. The number of carboxylic acids is 1. The normalized spacial score (nSPS) is 19.0. The molecule has 34 heavy (non-hydrogen) atoms. The van der Waals surface area contributed by atoms with Gasteiger partial charge in [-0.1, -0.05) is 20.3 Å². The number of aliphatic carboxylic acids is 1. The Bertz CT molecular complexity index is 656. The molecule has 3 amide bonds. The van der Waals surface area contributed by atoms with Crippen molar-refractivity contribution in [2.45, 2.75) is 95.8 Å². The van der Waals surface area contributed by atoms with Crippen molar-refractivity contribution in [3.63, 3.8) is 0 Å². The van der Waals surface area contributed by atoms with Crippen LogP contribution in [0.25, 0.3) is 0 Å². The van der Waals surface area contributed by atoms with E-state index < -0.39 is 35.9 Å². The van der Waals surface area contributed by atoms with Gasteiger partial charge in [-0.05, 0) is 76.9 Å². The molecular weight excluding hydrogens is 440 g/mol. The van der Waals surface area contributed by atoms with Gasteiger partial charge in [-0.15, -0.1) is 0 Å². The summed E-state index contributed by atoms with van der Waals surface area (Å²) in [6.07, 6.45) is 5.31. The summed E-state index contributed by atoms with van der Waals surface area (Å²) in [7, 11) is 0. The van der Waals surface area contributed by atoms with E-state index >= 15 is 0 Å². The molecule has 0 bridgehead atoms. The minimum Gasteiger partial charge on any atom is -0.480 e. The lowest BCUT2D eigenvalue weighted by Crippen LogP contribution is -2.58. The Morgan fingerprint density at radius 2 is 1.53 bits per heavy atom. The highest BCUT2D eigenvalue weighted by Gasteiger charge is 2.33. The van der Waals surface area contributed by atoms with Gasteiger partial charge in [0.1, 0.15) is 18.1 Å². The zero-order chi connectivity index (χ0) is 25.5. The number of carbonyl (C=O) groups excluding carboxylic acids is 3. The molecule has 0 saturated carbocycles. The van der Waals surface area contributed by atoms with Crippen molar-refractivity contribution in [3.8, 4) is 0 Å². The van der Waals surface area contributed by atoms with Crippen molar-refractivity contribution in [2.75, 3.05) is 19.6 Å². The fourth-order valence-electron chi connectivity index (χ4n) is 3.91. The van der Waals surface area contributed by atoms with Gasteiger partial charge < -0.3 is 37.8 Å². The van der Waals surface area contributed by atoms with Crippen molar-refractivity contribution in [1.82, 2.24) is 21.3 Å². The number of hydrogen-bond donors (Lipinski definition) is 7. The standard InChI is InChI=1S/C23H44N6O5/c1-3-15(2)19(29-20(30)16-11-8-14-26-16)22(32)27-17(9-4-6-12-24)21(31)28-18(23(33)34)10-5-7-13-25/h15-19,26H,3-14,24-25H2,1-2H3,(H,27,32)(H,28,31)(H,29,30)(H,33,34). The molecule has 1 fully saturated rings. The Morgan fingerprint density at radius 3 is 2.03 bits per heavy atom. The largest absolute Gasteiger partial charge is 0.480 e. The first-order chi connectivity index (χ1) is 16.2. The molecule has 0 aromatic rings. The smallest absolute Gasteiger partial charge is 0.326 e. The zero-order valence-corrected chi connectivity index (χ0v) is 20.6. The summed E-state index contributed by atoms with van der Waals surface area (Å²) in [6, 6.07) is -3.12. The van der Waals surface area contributed by atoms with Gasteiger partial charge in [0.25, 0.3) is 0 Å². The van der Waals surface area contributed by atoms with E-state index in [0.717, 1.165) is 13.0 Å². The molecule has 11 nitrogen and oxygen atoms in total. The van der Waals surface area contributed by atoms with E-state index in [1.165, 1.54) is 0 Å². The molecule has 11 heteroatoms. The highest BCUT2D eigenvalue weighted by Crippen LogP contribution is 2.12. The summed E-state index contributed by atoms with van der Waals surface area (Å²) in [6.45, 7) is 5.44. The molecule has 9 N–H and O–H groups in total. The second-order valence-corrected chi connectivity index (χ2v) is 9.05. The number of nitrogens with two attached hydrogens (primary N) is 2. The molecule has 196 valence electrons. The van der Waals surface area contributed by atoms with Crippen molar-refractivity contribution < 1.29 is 24.3 Å². The molecule has 0 aliphatic carbocycles. The molecule has 0 aromatic heterocycles. The summed E-state index contributed by atoms with van der Waals surface area (Å²) in [5.74, 6) is -2.53. The van der Waals surface area contributed by atoms with Crippen molar-refractivity contribution in [2.24, 2.45) is 17.4 Å². The number of carboxylic acid groups (broad SMARTS) is 1. The highest BCUT2D eigenvalue weighted by molar-refractivity contribution is 5.94. The average Bonchev–Trinajstić information content (AvgIpc) is 3.35. The van der Waals surface area contributed by atoms with Gasteiger partial charge in [-0.3, -0.25) is 14.4 Å². The molecule has 5 unspecified atom stereocenters. The number of hydrogen-bond acceptors (Lipinski definition) is 7. The summed E-state index contributed by atoms with van der Waals surface area (Å²) in [4.78, 5) is 50.4. The van der Waals surface area contributed by atoms with E-state index in [9.17, 15) is 24.3 Å². The molecule has 0 radical (unpaired) electrons. The molecule has 5 atom stereocenters. The summed E-state index contributed by atoms with van der Waals surface area (Å²) in [5, 5.41) is 20.8. The van der Waals surface area contributed by atoms with Crippen molar-refractivity contribution in [3.05, 3.63) is 0 Å². The molecule has 1 rings (SSSR count). The molecule has 0 spiro atoms. The fraction of sp³-hybridized carbons (Fsp3) is 0.826. The second-order valence-electron chi connectivity index (χ2n) is 9.05. The SMILES string of the molecule is CCC(C)C(NC(=O)C1CCCN1)C(=O)NC(CCCCN)C(=O)NC(CCCCN)C(=O)O. The van der Waals surface area contributed by atoms with Gasteiger partial charge >= 0.3 is 5.97 Å². The van der Waals surface area contributed by atoms with Gasteiger partial charge in [0.2, 0.25) is 17.7 Å². The van der Waals surface area contributed by atoms with Crippen LogP contribution < -0.4 is 32.7 Å². The van der Waals surface area contributed by atoms with Gasteiger partial charge in [0.15, 0.2) is 0 Å². The summed E-state index contributed by atoms with van der Waals surface area (Å²) < 4.78 is 0. The van der Waals surface area contributed by atoms with Crippen LogP contribution in [-0.2, 0) is 19.2 Å². The third kappa shape index (κ3) is 10.4. The topological polar surface area (TPSA) is 189 Å². The van der Waals surface area contributed by atoms with E-state index in [2.05, 4.69) is 21.3 Å². The molecule has 1 heterocycles. The van der Waals surface area contributed by atoms with E-state index in [1.807, 2.05) is 13.8 Å². The number of nitrogens with one attached hydrogen (secondary N) is 4. The molecule has 1 saturated heterocycles. The van der Waals surface area contributed by atoms with E-state index in [0.29, 0.717) is 58.0 Å². The molecule has 0 aromatic carbocycles. The summed E-state index contributed by atoms with van der Waals surface area (Å²) in [5.41, 5.74) is 11.0. The highest BCUT2D eigenvalue weighted by atomic mass is 16.4. The number of unbranched alkanes of at least 4 members (excludes halogenated alkanes) is 2. The Balaban J connectivity index is 2.90. The second kappa shape index (κ2) is 16.4. The zero-order valence-electron chi connectivity index (χ0n) is 20.6. The Labute approximate surface area is 202 Å². The van der Waals surface area contributed by atoms with Gasteiger partial charge in [-0.2, -0.15) is 0 Å². The van der Waals surface area contributed by atoms with E-state index in [1.54, 1.807) is 0 Å². The minimum absolute atomic E-state index is 0.152. The van der Waals surface area contributed by atoms with Gasteiger partial charge in [0, 0.05) is 0 Å². The predicted octanol–water partition coefficient (Wildman–Crippen LogP) is -0.418. The van der Waals surface area contributed by atoms with Crippen LogP contribution >= 0.6 is 0 Å². The lowest BCUT2D eigenvalue weighted by atomic mass is 9.97. The van der Waals surface area contributed by atoms with Crippen LogP contribution in [-0.4, -0.2) is 72.6 Å². The average molecular weight is 485 g/mol. The first kappa shape index (κ1) is 29.8. The quantitative estimate of drug-likeness (QED) is 0.135. The van der Waals surface area contributed by atoms with Crippen LogP contribution in [0.2, 0.25) is 0 Å². The van der Waals surface area contributed by atoms with E-state index in [4.69, 9.17) is 11.5 Å². The monoisotopic (exact) mass is 484 g/mol. The van der Waals surface area contributed by atoms with Crippen LogP contribution in [0, 0.1) is 5.92 Å². The third-order valence-electron chi connectivity index (χ3n) is 6.31. The van der Waals surface area contributed by atoms with E-state index in [-0.39, 0.29) is 24.3 Å². The fourth-order valence-corrected chi connectivity index (χ4v) is 3.91. The first-order valence-electron chi connectivity index (χ1n) is 12.5. The minimum atomic E-state index is -1.13. The maximum absolute atomic E-state index is 13.2. The third-order valence-corrected chi connectivity index (χ3v) is 6.31. The summed E-state index contributed by atoms with van der Waals surface area (Å²) >= 11 is 0. The molecule has 1 aliphatic heterocycles. The maximum Gasteiger partial charge on any atom is 0.326 e. The number of rotatable bonds is 17. The Kier molecular flexibility index (Phi) is 14.4. The van der Waals surface area contributed by atoms with Gasteiger partial charge in [-0.25, -0.2) is 4.79 Å². The lowest BCUT2D eigenvalue weighted by Gasteiger charge is -2.28. The number of amides is 3. The van der Waals surface area contributed by atoms with Crippen LogP contribution in [0.1, 0.15) is 71.6 Å². The van der Waals surface area contributed by atoms with Crippen LogP contribution in [0.5, 0.6) is 0 Å². The lowest BCUT2D eigenvalue weighted by molar-refractivity contribution is -0.142. The van der Waals surface area contributed by atoms with Crippen LogP contribution in [0.15, 0.2) is 0 Å². The molecule has 1 aliphatic rings. The van der Waals surface area contributed by atoms with Crippen LogP contribution in [0.3, 0.4) is 0 Å². The van der Waals surface area contributed by atoms with Gasteiger partial charge in [0.05, 0.1) is 6.04 Å². The predicted molar refractivity (Wildman–Crippen MR) is 130 cm³/mol. The van der Waals surface area contributed by atoms with Crippen LogP contribution in [0.4, 0.5) is 0 Å². The van der Waals surface area contributed by atoms with Crippen molar-refractivity contribution >= 4 is 23.7 Å². The molecular formula is C23H44N6O5. The Hall–Kier alpha value is -2.24.